The van der Waals surface area contributed by atoms with Gasteiger partial charge in [-0.15, -0.1) is 12.4 Å². The van der Waals surface area contributed by atoms with Crippen LogP contribution < -0.4 is 15.5 Å². The third-order valence-corrected chi connectivity index (χ3v) is 10.8. The van der Waals surface area contributed by atoms with E-state index in [1.807, 2.05) is 6.07 Å². The van der Waals surface area contributed by atoms with Gasteiger partial charge in [0, 0.05) is 11.4 Å². The maximum atomic E-state index is 12.9. The van der Waals surface area contributed by atoms with Crippen LogP contribution in [0.3, 0.4) is 0 Å². The second-order valence-corrected chi connectivity index (χ2v) is 14.2. The topological polar surface area (TPSA) is 152 Å². The van der Waals surface area contributed by atoms with Gasteiger partial charge in [0.15, 0.2) is 11.7 Å². The van der Waals surface area contributed by atoms with Crippen LogP contribution in [-0.4, -0.2) is 52.0 Å². The van der Waals surface area contributed by atoms with Crippen LogP contribution in [0.1, 0.15) is 72.6 Å². The quantitative estimate of drug-likeness (QED) is 0.130. The number of carbonyl (C=O) groups is 2. The molecule has 6 aromatic rings. The number of rotatable bonds is 4. The molecule has 4 aliphatic heterocycles. The van der Waals surface area contributed by atoms with Crippen molar-refractivity contribution in [1.82, 2.24) is 0 Å². The molecule has 0 fully saturated rings. The average molecular weight is 792 g/mol. The van der Waals surface area contributed by atoms with Crippen molar-refractivity contribution >= 4 is 47.3 Å². The number of halogens is 1. The number of anilines is 2. The minimum absolute atomic E-state index is 0. The van der Waals surface area contributed by atoms with Crippen molar-refractivity contribution in [2.45, 2.75) is 31.3 Å². The van der Waals surface area contributed by atoms with Crippen LogP contribution in [0.4, 0.5) is 11.4 Å². The van der Waals surface area contributed by atoms with Crippen molar-refractivity contribution < 1.29 is 24.9 Å². The number of aromatic carboxylic acids is 1. The molecule has 292 valence electrons. The normalized spacial score (nSPS) is 16.5. The molecule has 0 bridgehead atoms. The molecule has 4 heterocycles. The fourth-order valence-corrected chi connectivity index (χ4v) is 8.09. The summed E-state index contributed by atoms with van der Waals surface area (Å²) < 4.78 is 0. The number of para-hydroxylation sites is 4. The first kappa shape index (κ1) is 39.3. The molecule has 2 atom stereocenters. The number of phenolic OH excluding ortho intramolecular Hbond substituents is 1. The Morgan fingerprint density at radius 1 is 0.569 bits per heavy atom. The highest BCUT2D eigenvalue weighted by Crippen LogP contribution is 2.42. The standard InChI is InChI=1S/C24H20N2O2.C16H15N3.C7H6O3.ClH/c27-22-12-6-4-10-19(22)23(28)14-24-25-15-21-18-9-3-1-7-16(18)13-17-8-2-5-11-20(17)26(21)24;17-16-18-10-15-13-7-3-1-5-11(13)9-12-6-2-4-8-14(12)19(15)16;8-6-4-2-1-3-5(6)7(9)10;/h1-12,21,27H,13-15H2;1-8,15H,9-10H2,(H2,17,18);1-4,8H,(H,9,10);1H. The first-order chi connectivity index (χ1) is 27.8. The Bertz CT molecular complexity index is 2560. The Morgan fingerprint density at radius 3 is 1.53 bits per heavy atom. The second kappa shape index (κ2) is 17.1. The van der Waals surface area contributed by atoms with Crippen LogP contribution >= 0.6 is 12.4 Å². The predicted molar refractivity (Wildman–Crippen MR) is 230 cm³/mol. The van der Waals surface area contributed by atoms with E-state index in [4.69, 9.17) is 20.9 Å². The van der Waals surface area contributed by atoms with Gasteiger partial charge < -0.3 is 30.9 Å². The van der Waals surface area contributed by atoms with Crippen LogP contribution in [0.5, 0.6) is 11.5 Å². The number of aromatic hydroxyl groups is 2. The van der Waals surface area contributed by atoms with E-state index in [1.54, 1.807) is 36.4 Å². The van der Waals surface area contributed by atoms with Crippen LogP contribution in [0.25, 0.3) is 0 Å². The first-order valence-electron chi connectivity index (χ1n) is 18.8. The van der Waals surface area contributed by atoms with E-state index in [0.717, 1.165) is 30.9 Å². The van der Waals surface area contributed by atoms with Gasteiger partial charge in [-0.3, -0.25) is 14.8 Å². The molecule has 0 saturated carbocycles. The Balaban J connectivity index is 0.000000147. The number of Topliss-reactive ketones (excluding diaryl/α,β-unsaturated/α-hetero) is 1. The lowest BCUT2D eigenvalue weighted by Crippen LogP contribution is -2.36. The lowest BCUT2D eigenvalue weighted by atomic mass is 9.97. The number of guanidine groups is 1. The summed E-state index contributed by atoms with van der Waals surface area (Å²) in [5.41, 5.74) is 16.6. The van der Waals surface area contributed by atoms with E-state index in [1.165, 1.54) is 51.2 Å². The van der Waals surface area contributed by atoms with E-state index < -0.39 is 5.97 Å². The number of carboxylic acids is 1. The highest BCUT2D eigenvalue weighted by Gasteiger charge is 2.36. The highest BCUT2D eigenvalue weighted by atomic mass is 35.5. The van der Waals surface area contributed by atoms with Crippen molar-refractivity contribution in [1.29, 1.82) is 0 Å². The number of carboxylic acid groups (broad SMARTS) is 1. The third-order valence-electron chi connectivity index (χ3n) is 10.8. The van der Waals surface area contributed by atoms with Crippen molar-refractivity contribution in [2.75, 3.05) is 22.9 Å². The van der Waals surface area contributed by atoms with Crippen LogP contribution in [0.2, 0.25) is 0 Å². The van der Waals surface area contributed by atoms with Crippen LogP contribution in [0, 0.1) is 0 Å². The molecule has 5 N–H and O–H groups in total. The molecule has 0 saturated heterocycles. The molecular weight excluding hydrogens is 750 g/mol. The Morgan fingerprint density at radius 2 is 1.00 bits per heavy atom. The van der Waals surface area contributed by atoms with Gasteiger partial charge in [-0.1, -0.05) is 109 Å². The summed E-state index contributed by atoms with van der Waals surface area (Å²) >= 11 is 0. The molecule has 2 unspecified atom stereocenters. The summed E-state index contributed by atoms with van der Waals surface area (Å²) in [6, 6.07) is 46.8. The van der Waals surface area contributed by atoms with Crippen molar-refractivity contribution in [2.24, 2.45) is 15.7 Å². The summed E-state index contributed by atoms with van der Waals surface area (Å²) in [5, 5.41) is 27.4. The van der Waals surface area contributed by atoms with Gasteiger partial charge >= 0.3 is 5.97 Å². The molecule has 0 aliphatic carbocycles. The molecule has 0 aromatic heterocycles. The molecule has 4 aliphatic rings. The highest BCUT2D eigenvalue weighted by molar-refractivity contribution is 6.16. The largest absolute Gasteiger partial charge is 0.507 e. The molecule has 0 radical (unpaired) electrons. The summed E-state index contributed by atoms with van der Waals surface area (Å²) in [7, 11) is 0. The number of nitrogens with two attached hydrogens (primary N) is 1. The molecule has 10 nitrogen and oxygen atoms in total. The fraction of sp³-hybridized carbons (Fsp3) is 0.149. The lowest BCUT2D eigenvalue weighted by molar-refractivity contribution is 0.0693. The molecule has 6 aromatic carbocycles. The van der Waals surface area contributed by atoms with Gasteiger partial charge in [0.25, 0.3) is 0 Å². The molecule has 58 heavy (non-hydrogen) atoms. The van der Waals surface area contributed by atoms with Gasteiger partial charge in [-0.2, -0.15) is 0 Å². The Hall–Kier alpha value is -6.91. The van der Waals surface area contributed by atoms with Crippen LogP contribution in [0.15, 0.2) is 156 Å². The summed E-state index contributed by atoms with van der Waals surface area (Å²) in [4.78, 5) is 36.7. The maximum absolute atomic E-state index is 12.9. The van der Waals surface area contributed by atoms with E-state index in [9.17, 15) is 14.7 Å². The minimum atomic E-state index is -1.11. The third kappa shape index (κ3) is 7.74. The summed E-state index contributed by atoms with van der Waals surface area (Å²) in [6.07, 6.45) is 2.01. The van der Waals surface area contributed by atoms with E-state index in [0.29, 0.717) is 18.1 Å². The number of benzene rings is 6. The first-order valence-corrected chi connectivity index (χ1v) is 18.8. The van der Waals surface area contributed by atoms with Gasteiger partial charge in [0.05, 0.1) is 37.2 Å². The second-order valence-electron chi connectivity index (χ2n) is 14.2. The zero-order chi connectivity index (χ0) is 39.5. The maximum Gasteiger partial charge on any atom is 0.339 e. The Labute approximate surface area is 342 Å². The minimum Gasteiger partial charge on any atom is -0.507 e. The number of nitrogens with zero attached hydrogens (tertiary/aromatic N) is 4. The number of aliphatic imine (C=N–C) groups is 2. The fourth-order valence-electron chi connectivity index (χ4n) is 8.09. The number of hydrogen-bond acceptors (Lipinski definition) is 9. The van der Waals surface area contributed by atoms with Crippen molar-refractivity contribution in [3.63, 3.8) is 0 Å². The number of fused-ring (bicyclic) bond motifs is 10. The van der Waals surface area contributed by atoms with E-state index in [2.05, 4.69) is 106 Å². The molecule has 11 heteroatoms. The zero-order valence-corrected chi connectivity index (χ0v) is 32.3. The SMILES string of the molecule is Cl.NC1=NCC2c3ccccc3Cc3ccccc3N12.O=C(CC1=NCC2c3ccccc3Cc3ccccc3N12)c1ccccc1O.O=C(O)c1ccccc1O. The number of phenols is 2. The van der Waals surface area contributed by atoms with Gasteiger partial charge in [-0.25, -0.2) is 4.79 Å². The monoisotopic (exact) mass is 791 g/mol. The van der Waals surface area contributed by atoms with E-state index >= 15 is 0 Å². The molecule has 0 spiro atoms. The summed E-state index contributed by atoms with van der Waals surface area (Å²) in [6.45, 7) is 1.38. The van der Waals surface area contributed by atoms with Gasteiger partial charge in [0.2, 0.25) is 0 Å². The number of amidine groups is 1. The average Bonchev–Trinajstić information content (AvgIpc) is 3.73. The lowest BCUT2D eigenvalue weighted by Gasteiger charge is -2.28. The van der Waals surface area contributed by atoms with Crippen molar-refractivity contribution in [3.8, 4) is 11.5 Å². The zero-order valence-electron chi connectivity index (χ0n) is 31.5. The number of ketones is 1. The van der Waals surface area contributed by atoms with Crippen LogP contribution in [-0.2, 0) is 12.8 Å². The van der Waals surface area contributed by atoms with Gasteiger partial charge in [0.1, 0.15) is 22.9 Å². The number of carbonyl (C=O) groups excluding carboxylic acids is 1. The van der Waals surface area contributed by atoms with Gasteiger partial charge in [-0.05, 0) is 82.6 Å². The predicted octanol–water partition coefficient (Wildman–Crippen LogP) is 8.51. The van der Waals surface area contributed by atoms with Crippen molar-refractivity contribution in [3.05, 3.63) is 190 Å². The summed E-state index contributed by atoms with van der Waals surface area (Å²) in [5.74, 6) is -0.0126. The molecule has 0 amide bonds. The van der Waals surface area contributed by atoms with E-state index in [-0.39, 0.29) is 53.8 Å². The Kier molecular flexibility index (Phi) is 11.6. The molecular formula is C47H42ClN5O5. The number of hydrogen-bond donors (Lipinski definition) is 4. The smallest absolute Gasteiger partial charge is 0.339 e. The molecule has 10 rings (SSSR count).